The van der Waals surface area contributed by atoms with E-state index in [2.05, 4.69) is 5.32 Å². The molecule has 0 aliphatic carbocycles. The maximum atomic E-state index is 11.8. The molecule has 0 saturated carbocycles. The molecule has 0 aromatic heterocycles. The monoisotopic (exact) mass is 248 g/mol. The zero-order chi connectivity index (χ0) is 13.3. The van der Waals surface area contributed by atoms with Crippen molar-refractivity contribution in [3.8, 4) is 0 Å². The van der Waals surface area contributed by atoms with Crippen molar-refractivity contribution in [2.75, 3.05) is 11.4 Å². The third kappa shape index (κ3) is 2.45. The number of carboxylic acid groups (broad SMARTS) is 1. The predicted octanol–water partition coefficient (Wildman–Crippen LogP) is 1.68. The minimum absolute atomic E-state index is 0.0499. The average molecular weight is 248 g/mol. The molecule has 1 aliphatic heterocycles. The van der Waals surface area contributed by atoms with Gasteiger partial charge in [-0.15, -0.1) is 0 Å². The molecule has 1 aromatic carbocycles. The van der Waals surface area contributed by atoms with Crippen LogP contribution in [0.2, 0.25) is 0 Å². The SMILES string of the molecule is Cc1cc(C)cc(N2C(=O)NCC2CC(=O)O)c1. The summed E-state index contributed by atoms with van der Waals surface area (Å²) in [5.41, 5.74) is 2.87. The summed E-state index contributed by atoms with van der Waals surface area (Å²) in [5.74, 6) is -0.897. The minimum atomic E-state index is -0.897. The first-order valence-electron chi connectivity index (χ1n) is 5.84. The zero-order valence-corrected chi connectivity index (χ0v) is 10.4. The maximum Gasteiger partial charge on any atom is 0.322 e. The molecule has 5 heteroatoms. The summed E-state index contributed by atoms with van der Waals surface area (Å²) < 4.78 is 0. The first kappa shape index (κ1) is 12.4. The van der Waals surface area contributed by atoms with Crippen molar-refractivity contribution in [2.45, 2.75) is 26.3 Å². The van der Waals surface area contributed by atoms with Crippen molar-refractivity contribution in [3.05, 3.63) is 29.3 Å². The molecular weight excluding hydrogens is 232 g/mol. The Kier molecular flexibility index (Phi) is 3.23. The number of nitrogens with one attached hydrogen (secondary N) is 1. The quantitative estimate of drug-likeness (QED) is 0.855. The number of urea groups is 1. The Labute approximate surface area is 105 Å². The fraction of sp³-hybridized carbons (Fsp3) is 0.385. The lowest BCUT2D eigenvalue weighted by Crippen LogP contribution is -2.35. The Morgan fingerprint density at radius 2 is 2.00 bits per heavy atom. The molecule has 0 radical (unpaired) electrons. The van der Waals surface area contributed by atoms with Gasteiger partial charge in [-0.3, -0.25) is 9.69 Å². The molecule has 1 heterocycles. The van der Waals surface area contributed by atoms with Gasteiger partial charge < -0.3 is 10.4 Å². The van der Waals surface area contributed by atoms with Crippen LogP contribution in [0.3, 0.4) is 0 Å². The molecule has 1 atom stereocenters. The number of nitrogens with zero attached hydrogens (tertiary/aromatic N) is 1. The van der Waals surface area contributed by atoms with Crippen molar-refractivity contribution in [1.82, 2.24) is 5.32 Å². The predicted molar refractivity (Wildman–Crippen MR) is 67.8 cm³/mol. The van der Waals surface area contributed by atoms with E-state index in [0.717, 1.165) is 16.8 Å². The number of carboxylic acids is 1. The Morgan fingerprint density at radius 1 is 1.39 bits per heavy atom. The van der Waals surface area contributed by atoms with Crippen LogP contribution in [0.25, 0.3) is 0 Å². The highest BCUT2D eigenvalue weighted by molar-refractivity contribution is 5.95. The number of aryl methyl sites for hydroxylation is 2. The standard InChI is InChI=1S/C13H16N2O3/c1-8-3-9(2)5-10(4-8)15-11(6-12(16)17)7-14-13(15)18/h3-5,11H,6-7H2,1-2H3,(H,14,18)(H,16,17). The summed E-state index contributed by atoms with van der Waals surface area (Å²) in [6.07, 6.45) is -0.0499. The van der Waals surface area contributed by atoms with Crippen LogP contribution in [0, 0.1) is 13.8 Å². The summed E-state index contributed by atoms with van der Waals surface area (Å²) in [5, 5.41) is 11.6. The van der Waals surface area contributed by atoms with E-state index < -0.39 is 5.97 Å². The van der Waals surface area contributed by atoms with Crippen molar-refractivity contribution >= 4 is 17.7 Å². The van der Waals surface area contributed by atoms with Crippen LogP contribution in [-0.4, -0.2) is 29.7 Å². The number of hydrogen-bond acceptors (Lipinski definition) is 2. The lowest BCUT2D eigenvalue weighted by molar-refractivity contribution is -0.137. The topological polar surface area (TPSA) is 69.6 Å². The minimum Gasteiger partial charge on any atom is -0.481 e. The molecule has 0 spiro atoms. The molecule has 1 aromatic rings. The molecule has 1 saturated heterocycles. The second-order valence-corrected chi connectivity index (χ2v) is 4.65. The lowest BCUT2D eigenvalue weighted by Gasteiger charge is -2.22. The zero-order valence-electron chi connectivity index (χ0n) is 10.4. The smallest absolute Gasteiger partial charge is 0.322 e. The van der Waals surface area contributed by atoms with Crippen LogP contribution in [-0.2, 0) is 4.79 Å². The van der Waals surface area contributed by atoms with Crippen molar-refractivity contribution in [2.24, 2.45) is 0 Å². The number of amides is 2. The van der Waals surface area contributed by atoms with E-state index >= 15 is 0 Å². The van der Waals surface area contributed by atoms with Gasteiger partial charge >= 0.3 is 12.0 Å². The van der Waals surface area contributed by atoms with E-state index in [0.29, 0.717) is 6.54 Å². The van der Waals surface area contributed by atoms with Crippen molar-refractivity contribution in [1.29, 1.82) is 0 Å². The van der Waals surface area contributed by atoms with Gasteiger partial charge in [-0.25, -0.2) is 4.79 Å². The molecular formula is C13H16N2O3. The molecule has 1 unspecified atom stereocenters. The Balaban J connectivity index is 2.33. The molecule has 1 aliphatic rings. The molecule has 0 bridgehead atoms. The maximum absolute atomic E-state index is 11.8. The summed E-state index contributed by atoms with van der Waals surface area (Å²) in [7, 11) is 0. The van der Waals surface area contributed by atoms with Crippen LogP contribution in [0.5, 0.6) is 0 Å². The fourth-order valence-corrected chi connectivity index (χ4v) is 2.33. The molecule has 18 heavy (non-hydrogen) atoms. The Bertz CT molecular complexity index is 479. The Hall–Kier alpha value is -2.04. The number of carbonyl (C=O) groups excluding carboxylic acids is 1. The fourth-order valence-electron chi connectivity index (χ4n) is 2.33. The van der Waals surface area contributed by atoms with Gasteiger partial charge in [0.1, 0.15) is 0 Å². The molecule has 2 rings (SSSR count). The van der Waals surface area contributed by atoms with E-state index in [-0.39, 0.29) is 18.5 Å². The second-order valence-electron chi connectivity index (χ2n) is 4.65. The number of benzene rings is 1. The van der Waals surface area contributed by atoms with Gasteiger partial charge in [-0.2, -0.15) is 0 Å². The van der Waals surface area contributed by atoms with Crippen LogP contribution in [0.1, 0.15) is 17.5 Å². The van der Waals surface area contributed by atoms with Crippen LogP contribution in [0.4, 0.5) is 10.5 Å². The molecule has 2 N–H and O–H groups in total. The van der Waals surface area contributed by atoms with E-state index in [4.69, 9.17) is 5.11 Å². The second kappa shape index (κ2) is 4.68. The third-order valence-corrected chi connectivity index (χ3v) is 2.97. The average Bonchev–Trinajstić information content (AvgIpc) is 2.57. The molecule has 2 amide bonds. The van der Waals surface area contributed by atoms with E-state index in [1.54, 1.807) is 0 Å². The van der Waals surface area contributed by atoms with Gasteiger partial charge in [-0.05, 0) is 37.1 Å². The first-order valence-corrected chi connectivity index (χ1v) is 5.84. The first-order chi connectivity index (χ1) is 8.47. The largest absolute Gasteiger partial charge is 0.481 e. The molecule has 1 fully saturated rings. The number of rotatable bonds is 3. The highest BCUT2D eigenvalue weighted by Crippen LogP contribution is 2.24. The van der Waals surface area contributed by atoms with Gasteiger partial charge in [0.2, 0.25) is 0 Å². The number of carbonyl (C=O) groups is 2. The summed E-state index contributed by atoms with van der Waals surface area (Å²) in [6.45, 7) is 4.28. The molecule has 96 valence electrons. The number of hydrogen-bond donors (Lipinski definition) is 2. The molecule has 5 nitrogen and oxygen atoms in total. The van der Waals surface area contributed by atoms with E-state index in [1.807, 2.05) is 32.0 Å². The highest BCUT2D eigenvalue weighted by atomic mass is 16.4. The number of aliphatic carboxylic acids is 1. The van der Waals surface area contributed by atoms with Crippen LogP contribution in [0.15, 0.2) is 18.2 Å². The third-order valence-electron chi connectivity index (χ3n) is 2.97. The van der Waals surface area contributed by atoms with Crippen molar-refractivity contribution in [3.63, 3.8) is 0 Å². The summed E-state index contributed by atoms with van der Waals surface area (Å²) in [6, 6.07) is 5.26. The van der Waals surface area contributed by atoms with Crippen LogP contribution < -0.4 is 10.2 Å². The van der Waals surface area contributed by atoms with E-state index in [9.17, 15) is 9.59 Å². The van der Waals surface area contributed by atoms with E-state index in [1.165, 1.54) is 4.90 Å². The van der Waals surface area contributed by atoms with Crippen LogP contribution >= 0.6 is 0 Å². The van der Waals surface area contributed by atoms with Gasteiger partial charge in [0.25, 0.3) is 0 Å². The Morgan fingerprint density at radius 3 is 2.56 bits per heavy atom. The van der Waals surface area contributed by atoms with Gasteiger partial charge in [0.05, 0.1) is 12.5 Å². The lowest BCUT2D eigenvalue weighted by atomic mass is 10.1. The summed E-state index contributed by atoms with van der Waals surface area (Å²) in [4.78, 5) is 24.2. The van der Waals surface area contributed by atoms with Gasteiger partial charge in [0.15, 0.2) is 0 Å². The normalized spacial score (nSPS) is 18.9. The summed E-state index contributed by atoms with van der Waals surface area (Å²) >= 11 is 0. The highest BCUT2D eigenvalue weighted by Gasteiger charge is 2.33. The number of anilines is 1. The van der Waals surface area contributed by atoms with Crippen molar-refractivity contribution < 1.29 is 14.7 Å². The van der Waals surface area contributed by atoms with Gasteiger partial charge in [-0.1, -0.05) is 6.07 Å². The van der Waals surface area contributed by atoms with Gasteiger partial charge in [0, 0.05) is 12.2 Å².